The second-order valence-electron chi connectivity index (χ2n) is 4.28. The van der Waals surface area contributed by atoms with Gasteiger partial charge in [-0.2, -0.15) is 4.31 Å². The highest BCUT2D eigenvalue weighted by molar-refractivity contribution is 9.10. The number of benzene rings is 1. The van der Waals surface area contributed by atoms with Gasteiger partial charge in [-0.1, -0.05) is 6.42 Å². The molecule has 1 fully saturated rings. The second-order valence-corrected chi connectivity index (χ2v) is 7.04. The van der Waals surface area contributed by atoms with E-state index in [-0.39, 0.29) is 15.1 Å². The number of hydrogen-bond acceptors (Lipinski definition) is 3. The Labute approximate surface area is 114 Å². The van der Waals surface area contributed by atoms with Crippen molar-refractivity contribution in [1.29, 1.82) is 0 Å². The molecule has 0 bridgehead atoms. The number of rotatable bonds is 2. The highest BCUT2D eigenvalue weighted by Crippen LogP contribution is 2.29. The van der Waals surface area contributed by atoms with Gasteiger partial charge in [0.1, 0.15) is 4.90 Å². The van der Waals surface area contributed by atoms with Gasteiger partial charge in [0.2, 0.25) is 10.0 Å². The molecule has 0 atom stereocenters. The lowest BCUT2D eigenvalue weighted by Gasteiger charge is -2.26. The SMILES string of the molecule is Nc1cc(Br)c(F)c(S(=O)(=O)N2CCCCC2)c1. The molecule has 0 amide bonds. The molecule has 4 nitrogen and oxygen atoms in total. The minimum Gasteiger partial charge on any atom is -0.399 e. The zero-order chi connectivity index (χ0) is 13.3. The van der Waals surface area contributed by atoms with Crippen molar-refractivity contribution in [3.63, 3.8) is 0 Å². The average Bonchev–Trinajstić information content (AvgIpc) is 2.34. The lowest BCUT2D eigenvalue weighted by molar-refractivity contribution is 0.345. The summed E-state index contributed by atoms with van der Waals surface area (Å²) in [7, 11) is -3.79. The largest absolute Gasteiger partial charge is 0.399 e. The van der Waals surface area contributed by atoms with Crippen molar-refractivity contribution >= 4 is 31.6 Å². The molecule has 1 aliphatic rings. The van der Waals surface area contributed by atoms with Gasteiger partial charge in [0.25, 0.3) is 0 Å². The van der Waals surface area contributed by atoms with Crippen LogP contribution < -0.4 is 5.73 Å². The zero-order valence-corrected chi connectivity index (χ0v) is 12.1. The maximum absolute atomic E-state index is 13.9. The van der Waals surface area contributed by atoms with Crippen LogP contribution in [0.1, 0.15) is 19.3 Å². The van der Waals surface area contributed by atoms with E-state index < -0.39 is 15.8 Å². The minimum absolute atomic E-state index is 0.0677. The summed E-state index contributed by atoms with van der Waals surface area (Å²) in [4.78, 5) is -0.351. The zero-order valence-electron chi connectivity index (χ0n) is 9.70. The van der Waals surface area contributed by atoms with Crippen LogP contribution in [0.3, 0.4) is 0 Å². The Morgan fingerprint density at radius 3 is 2.44 bits per heavy atom. The fraction of sp³-hybridized carbons (Fsp3) is 0.455. The maximum atomic E-state index is 13.9. The first-order valence-electron chi connectivity index (χ1n) is 5.67. The van der Waals surface area contributed by atoms with Gasteiger partial charge in [0.05, 0.1) is 4.47 Å². The highest BCUT2D eigenvalue weighted by Gasteiger charge is 2.29. The van der Waals surface area contributed by atoms with E-state index in [0.29, 0.717) is 13.1 Å². The van der Waals surface area contributed by atoms with Crippen molar-refractivity contribution in [1.82, 2.24) is 4.31 Å². The fourth-order valence-electron chi connectivity index (χ4n) is 2.02. The molecule has 1 saturated heterocycles. The number of sulfonamides is 1. The topological polar surface area (TPSA) is 63.4 Å². The van der Waals surface area contributed by atoms with Crippen LogP contribution >= 0.6 is 15.9 Å². The summed E-state index contributed by atoms with van der Waals surface area (Å²) >= 11 is 2.98. The molecule has 0 aliphatic carbocycles. The molecule has 0 unspecified atom stereocenters. The summed E-state index contributed by atoms with van der Waals surface area (Å²) in [5.41, 5.74) is 5.80. The molecule has 1 aliphatic heterocycles. The Morgan fingerprint density at radius 1 is 1.22 bits per heavy atom. The number of nitrogens with two attached hydrogens (primary N) is 1. The monoisotopic (exact) mass is 336 g/mol. The van der Waals surface area contributed by atoms with E-state index in [9.17, 15) is 12.8 Å². The van der Waals surface area contributed by atoms with Crippen LogP contribution in [0.15, 0.2) is 21.5 Å². The minimum atomic E-state index is -3.79. The Kier molecular flexibility index (Phi) is 3.93. The van der Waals surface area contributed by atoms with E-state index in [2.05, 4.69) is 15.9 Å². The van der Waals surface area contributed by atoms with Crippen LogP contribution in [-0.4, -0.2) is 25.8 Å². The fourth-order valence-corrected chi connectivity index (χ4v) is 4.26. The molecular formula is C11H14BrFN2O2S. The van der Waals surface area contributed by atoms with Gasteiger partial charge >= 0.3 is 0 Å². The van der Waals surface area contributed by atoms with Crippen molar-refractivity contribution in [3.8, 4) is 0 Å². The van der Waals surface area contributed by atoms with E-state index in [1.165, 1.54) is 16.4 Å². The standard InChI is InChI=1S/C11H14BrFN2O2S/c12-9-6-8(14)7-10(11(9)13)18(16,17)15-4-2-1-3-5-15/h6-7H,1-5,14H2. The molecule has 18 heavy (non-hydrogen) atoms. The van der Waals surface area contributed by atoms with Crippen LogP contribution in [-0.2, 0) is 10.0 Å². The van der Waals surface area contributed by atoms with Crippen LogP contribution in [0, 0.1) is 5.82 Å². The van der Waals surface area contributed by atoms with E-state index in [1.54, 1.807) is 0 Å². The smallest absolute Gasteiger partial charge is 0.246 e. The Balaban J connectivity index is 2.46. The molecule has 100 valence electrons. The lowest BCUT2D eigenvalue weighted by Crippen LogP contribution is -2.36. The number of piperidine rings is 1. The van der Waals surface area contributed by atoms with E-state index >= 15 is 0 Å². The van der Waals surface area contributed by atoms with Crippen molar-refractivity contribution in [2.75, 3.05) is 18.8 Å². The predicted molar refractivity (Wildman–Crippen MR) is 71.1 cm³/mol. The third-order valence-corrected chi connectivity index (χ3v) is 5.42. The van der Waals surface area contributed by atoms with Crippen LogP contribution in [0.2, 0.25) is 0 Å². The molecule has 2 N–H and O–H groups in total. The summed E-state index contributed by atoms with van der Waals surface area (Å²) in [6, 6.07) is 2.52. The quantitative estimate of drug-likeness (QED) is 0.843. The molecule has 0 radical (unpaired) electrons. The summed E-state index contributed by atoms with van der Waals surface area (Å²) in [5.74, 6) is -0.783. The molecule has 1 aromatic rings. The third kappa shape index (κ3) is 2.53. The van der Waals surface area contributed by atoms with Crippen molar-refractivity contribution in [2.45, 2.75) is 24.2 Å². The van der Waals surface area contributed by atoms with Crippen LogP contribution in [0.25, 0.3) is 0 Å². The van der Waals surface area contributed by atoms with Gasteiger partial charge in [-0.05, 0) is 40.9 Å². The third-order valence-electron chi connectivity index (χ3n) is 2.95. The van der Waals surface area contributed by atoms with E-state index in [1.807, 2.05) is 0 Å². The molecule has 1 aromatic carbocycles. The summed E-state index contributed by atoms with van der Waals surface area (Å²) < 4.78 is 40.0. The van der Waals surface area contributed by atoms with Gasteiger partial charge in [0, 0.05) is 18.8 Å². The average molecular weight is 337 g/mol. The normalized spacial score (nSPS) is 17.9. The van der Waals surface area contributed by atoms with E-state index in [0.717, 1.165) is 19.3 Å². The predicted octanol–water partition coefficient (Wildman–Crippen LogP) is 2.35. The van der Waals surface area contributed by atoms with Gasteiger partial charge in [0.15, 0.2) is 5.82 Å². The van der Waals surface area contributed by atoms with Gasteiger partial charge in [-0.3, -0.25) is 0 Å². The molecule has 0 aromatic heterocycles. The number of halogens is 2. The first-order chi connectivity index (χ1) is 8.43. The van der Waals surface area contributed by atoms with Gasteiger partial charge in [-0.15, -0.1) is 0 Å². The van der Waals surface area contributed by atoms with E-state index in [4.69, 9.17) is 5.73 Å². The van der Waals surface area contributed by atoms with Crippen LogP contribution in [0.4, 0.5) is 10.1 Å². The molecule has 2 rings (SSSR count). The van der Waals surface area contributed by atoms with Gasteiger partial charge in [-0.25, -0.2) is 12.8 Å². The number of anilines is 1. The summed E-state index contributed by atoms with van der Waals surface area (Å²) in [6.07, 6.45) is 2.63. The molecular weight excluding hydrogens is 323 g/mol. The number of nitrogen functional groups attached to an aromatic ring is 1. The molecule has 1 heterocycles. The Morgan fingerprint density at radius 2 is 1.83 bits per heavy atom. The summed E-state index contributed by atoms with van der Waals surface area (Å²) in [6.45, 7) is 0.877. The first kappa shape index (κ1) is 13.8. The molecule has 0 spiro atoms. The van der Waals surface area contributed by atoms with Crippen molar-refractivity contribution < 1.29 is 12.8 Å². The first-order valence-corrected chi connectivity index (χ1v) is 7.91. The number of nitrogens with zero attached hydrogens (tertiary/aromatic N) is 1. The number of hydrogen-bond donors (Lipinski definition) is 1. The van der Waals surface area contributed by atoms with Crippen LogP contribution in [0.5, 0.6) is 0 Å². The second kappa shape index (κ2) is 5.14. The Bertz CT molecular complexity index is 556. The lowest BCUT2D eigenvalue weighted by atomic mass is 10.2. The van der Waals surface area contributed by atoms with Gasteiger partial charge < -0.3 is 5.73 Å². The molecule has 0 saturated carbocycles. The Hall–Kier alpha value is -0.660. The highest BCUT2D eigenvalue weighted by atomic mass is 79.9. The van der Waals surface area contributed by atoms with Crippen molar-refractivity contribution in [3.05, 3.63) is 22.4 Å². The molecule has 7 heteroatoms. The maximum Gasteiger partial charge on any atom is 0.246 e. The van der Waals surface area contributed by atoms with Crippen molar-refractivity contribution in [2.24, 2.45) is 0 Å². The summed E-state index contributed by atoms with van der Waals surface area (Å²) in [5, 5.41) is 0.